The van der Waals surface area contributed by atoms with Gasteiger partial charge in [0.1, 0.15) is 12.7 Å². The van der Waals surface area contributed by atoms with E-state index in [9.17, 15) is 0 Å². The zero-order valence-corrected chi connectivity index (χ0v) is 18.6. The molecule has 6 nitrogen and oxygen atoms in total. The highest BCUT2D eigenvalue weighted by Gasteiger charge is 2.53. The van der Waals surface area contributed by atoms with Crippen LogP contribution in [0.5, 0.6) is 0 Å². The summed E-state index contributed by atoms with van der Waals surface area (Å²) in [5.74, 6) is 0.993. The van der Waals surface area contributed by atoms with Crippen LogP contribution >= 0.6 is 24.0 Å². The Labute approximate surface area is 173 Å². The first-order valence-electron chi connectivity index (χ1n) is 8.85. The van der Waals surface area contributed by atoms with E-state index in [-0.39, 0.29) is 29.5 Å². The van der Waals surface area contributed by atoms with Crippen LogP contribution in [0.4, 0.5) is 0 Å². The number of nitrogens with one attached hydrogen (secondary N) is 1. The molecule has 0 aliphatic carbocycles. The molecule has 0 saturated carbocycles. The number of nitrogens with zero attached hydrogens (tertiary/aromatic N) is 5. The average molecular weight is 468 g/mol. The van der Waals surface area contributed by atoms with Crippen LogP contribution in [0.1, 0.15) is 40.2 Å². The Morgan fingerprint density at radius 2 is 1.88 bits per heavy atom. The average Bonchev–Trinajstić information content (AvgIpc) is 3.12. The minimum Gasteiger partial charge on any atom is -0.356 e. The molecule has 3 rings (SSSR count). The summed E-state index contributed by atoms with van der Waals surface area (Å²) in [5, 5.41) is 7.58. The number of rotatable bonds is 4. The second kappa shape index (κ2) is 7.94. The lowest BCUT2D eigenvalue weighted by Gasteiger charge is -2.62. The molecule has 1 aromatic carbocycles. The van der Waals surface area contributed by atoms with Gasteiger partial charge in [0, 0.05) is 24.0 Å². The maximum atomic E-state index is 4.86. The van der Waals surface area contributed by atoms with Crippen molar-refractivity contribution in [3.05, 3.63) is 42.5 Å². The van der Waals surface area contributed by atoms with Gasteiger partial charge in [0.15, 0.2) is 5.96 Å². The minimum atomic E-state index is 0. The molecule has 1 saturated heterocycles. The van der Waals surface area contributed by atoms with E-state index < -0.39 is 0 Å². The summed E-state index contributed by atoms with van der Waals surface area (Å²) >= 11 is 0. The quantitative estimate of drug-likeness (QED) is 0.424. The molecular weight excluding hydrogens is 439 g/mol. The largest absolute Gasteiger partial charge is 0.356 e. The zero-order chi connectivity index (χ0) is 18.1. The van der Waals surface area contributed by atoms with Crippen molar-refractivity contribution in [1.29, 1.82) is 0 Å². The van der Waals surface area contributed by atoms with Gasteiger partial charge in [0.05, 0.1) is 12.2 Å². The van der Waals surface area contributed by atoms with Gasteiger partial charge in [-0.25, -0.2) is 14.7 Å². The monoisotopic (exact) mass is 468 g/mol. The molecule has 0 amide bonds. The molecule has 1 aromatic heterocycles. The lowest BCUT2D eigenvalue weighted by molar-refractivity contribution is -0.0667. The summed E-state index contributed by atoms with van der Waals surface area (Å²) in [4.78, 5) is 11.2. The number of likely N-dealkylation sites (tertiary alicyclic amines) is 1. The van der Waals surface area contributed by atoms with Crippen LogP contribution in [0.25, 0.3) is 5.69 Å². The maximum Gasteiger partial charge on any atom is 0.194 e. The Morgan fingerprint density at radius 1 is 1.19 bits per heavy atom. The van der Waals surface area contributed by atoms with Gasteiger partial charge in [-0.2, -0.15) is 5.10 Å². The number of hydrogen-bond donors (Lipinski definition) is 1. The van der Waals surface area contributed by atoms with Crippen molar-refractivity contribution in [2.45, 2.75) is 46.7 Å². The smallest absolute Gasteiger partial charge is 0.194 e. The number of aliphatic imine (C=N–C) groups is 1. The first-order valence-corrected chi connectivity index (χ1v) is 8.85. The van der Waals surface area contributed by atoms with Crippen molar-refractivity contribution < 1.29 is 0 Å². The molecule has 1 N–H and O–H groups in total. The summed E-state index contributed by atoms with van der Waals surface area (Å²) in [6.07, 6.45) is 3.24. The van der Waals surface area contributed by atoms with Gasteiger partial charge in [-0.1, -0.05) is 26.0 Å². The number of aromatic nitrogens is 3. The Bertz CT molecular complexity index is 734. The topological polar surface area (TPSA) is 58.3 Å². The van der Waals surface area contributed by atoms with Gasteiger partial charge in [-0.05, 0) is 38.5 Å². The number of benzene rings is 1. The van der Waals surface area contributed by atoms with Crippen LogP contribution in [0, 0.1) is 5.41 Å². The summed E-state index contributed by atoms with van der Waals surface area (Å²) in [7, 11) is 0. The molecule has 1 aliphatic rings. The van der Waals surface area contributed by atoms with E-state index in [4.69, 9.17) is 4.99 Å². The van der Waals surface area contributed by atoms with Gasteiger partial charge in [0.25, 0.3) is 0 Å². The molecular formula is C19H29IN6. The van der Waals surface area contributed by atoms with E-state index in [1.54, 1.807) is 11.0 Å². The first-order chi connectivity index (χ1) is 11.8. The summed E-state index contributed by atoms with van der Waals surface area (Å²) < 4.78 is 1.75. The molecule has 0 spiro atoms. The van der Waals surface area contributed by atoms with Crippen molar-refractivity contribution >= 4 is 29.9 Å². The van der Waals surface area contributed by atoms with Crippen LogP contribution in [-0.4, -0.2) is 44.3 Å². The minimum absolute atomic E-state index is 0. The van der Waals surface area contributed by atoms with Crippen molar-refractivity contribution in [2.24, 2.45) is 10.4 Å². The summed E-state index contributed by atoms with van der Waals surface area (Å²) in [6, 6.07) is 8.27. The molecule has 0 radical (unpaired) electrons. The van der Waals surface area contributed by atoms with Crippen LogP contribution < -0.4 is 5.32 Å². The zero-order valence-electron chi connectivity index (χ0n) is 16.2. The van der Waals surface area contributed by atoms with Gasteiger partial charge in [-0.15, -0.1) is 24.0 Å². The van der Waals surface area contributed by atoms with E-state index in [0.29, 0.717) is 12.0 Å². The fraction of sp³-hybridized carbons (Fsp3) is 0.526. The Kier molecular flexibility index (Phi) is 6.31. The molecule has 26 heavy (non-hydrogen) atoms. The van der Waals surface area contributed by atoms with E-state index in [1.165, 1.54) is 11.9 Å². The number of hydrogen-bond acceptors (Lipinski definition) is 3. The molecule has 0 atom stereocenters. The van der Waals surface area contributed by atoms with E-state index >= 15 is 0 Å². The highest BCUT2D eigenvalue weighted by atomic mass is 127. The van der Waals surface area contributed by atoms with Crippen molar-refractivity contribution in [2.75, 3.05) is 13.1 Å². The molecule has 1 aliphatic heterocycles. The van der Waals surface area contributed by atoms with Crippen molar-refractivity contribution in [1.82, 2.24) is 25.0 Å². The van der Waals surface area contributed by atoms with E-state index in [2.05, 4.69) is 67.1 Å². The lowest BCUT2D eigenvalue weighted by Crippen LogP contribution is -2.72. The number of halogens is 1. The highest BCUT2D eigenvalue weighted by Crippen LogP contribution is 2.46. The summed E-state index contributed by atoms with van der Waals surface area (Å²) in [5.41, 5.74) is 2.58. The molecule has 142 valence electrons. The molecule has 0 unspecified atom stereocenters. The Balaban J connectivity index is 0.00000243. The maximum absolute atomic E-state index is 4.86. The van der Waals surface area contributed by atoms with Crippen molar-refractivity contribution in [3.8, 4) is 5.69 Å². The molecule has 1 fully saturated rings. The second-order valence-corrected chi connectivity index (χ2v) is 7.71. The standard InChI is InChI=1S/C19H28N6.HI/c1-6-21-17(24-12-18(2,3)19(24,4)5)22-11-15-7-9-16(10-8-15)25-14-20-13-23-25;/h7-10,13-14H,6,11-12H2,1-5H3,(H,21,22);1H. The SMILES string of the molecule is CCNC(=NCc1ccc(-n2cncn2)cc1)N1CC(C)(C)C1(C)C.I. The van der Waals surface area contributed by atoms with Gasteiger partial charge in [0.2, 0.25) is 0 Å². The molecule has 7 heteroatoms. The van der Waals surface area contributed by atoms with E-state index in [1.807, 2.05) is 12.1 Å². The third-order valence-electron chi connectivity index (χ3n) is 5.51. The highest BCUT2D eigenvalue weighted by molar-refractivity contribution is 14.0. The third-order valence-corrected chi connectivity index (χ3v) is 5.51. The predicted molar refractivity (Wildman–Crippen MR) is 116 cm³/mol. The van der Waals surface area contributed by atoms with Crippen LogP contribution in [0.2, 0.25) is 0 Å². The van der Waals surface area contributed by atoms with Crippen LogP contribution in [0.3, 0.4) is 0 Å². The van der Waals surface area contributed by atoms with Gasteiger partial charge >= 0.3 is 0 Å². The van der Waals surface area contributed by atoms with Gasteiger partial charge in [-0.3, -0.25) is 0 Å². The van der Waals surface area contributed by atoms with Crippen LogP contribution in [0.15, 0.2) is 41.9 Å². The van der Waals surface area contributed by atoms with Crippen molar-refractivity contribution in [3.63, 3.8) is 0 Å². The van der Waals surface area contributed by atoms with Gasteiger partial charge < -0.3 is 10.2 Å². The summed E-state index contributed by atoms with van der Waals surface area (Å²) in [6.45, 7) is 13.9. The molecule has 2 aromatic rings. The molecule has 2 heterocycles. The first kappa shape index (κ1) is 20.7. The lowest BCUT2D eigenvalue weighted by atomic mass is 9.65. The number of guanidine groups is 1. The fourth-order valence-corrected chi connectivity index (χ4v) is 3.06. The second-order valence-electron chi connectivity index (χ2n) is 7.71. The predicted octanol–water partition coefficient (Wildman–Crippen LogP) is 3.47. The normalized spacial score (nSPS) is 18.0. The third kappa shape index (κ3) is 3.87. The Hall–Kier alpha value is -1.64. The Morgan fingerprint density at radius 3 is 2.38 bits per heavy atom. The van der Waals surface area contributed by atoms with E-state index in [0.717, 1.165) is 24.7 Å². The van der Waals surface area contributed by atoms with Crippen LogP contribution in [-0.2, 0) is 6.54 Å². The fourth-order valence-electron chi connectivity index (χ4n) is 3.06. The molecule has 0 bridgehead atoms.